The Morgan fingerprint density at radius 1 is 1.06 bits per heavy atom. The first kappa shape index (κ1) is 22.9. The number of aryl methyl sites for hydroxylation is 1. The molecule has 0 atom stereocenters. The van der Waals surface area contributed by atoms with Crippen molar-refractivity contribution in [2.75, 3.05) is 57.4 Å². The number of fused-ring (bicyclic) bond motifs is 1. The minimum absolute atomic E-state index is 0.165. The molecule has 4 aliphatic rings. The van der Waals surface area contributed by atoms with Gasteiger partial charge in [-0.1, -0.05) is 0 Å². The third-order valence-corrected chi connectivity index (χ3v) is 8.11. The number of carbonyl (C=O) groups excluding carboxylic acids is 1. The van der Waals surface area contributed by atoms with Crippen molar-refractivity contribution >= 4 is 11.7 Å². The standard InChI is InChI=1S/C26H40N4O3/c1-19-18-24-23(9-17-33-24)25(27-19)30-13-11-29(12-14-30)10-6-20-2-4-22(5-3-20)28-26(31)21-7-15-32-16-8-21/h18,20-22H,2-17H2,1H3,(H,28,31)/t20-,22-. The van der Waals surface area contributed by atoms with Gasteiger partial charge in [-0.2, -0.15) is 0 Å². The summed E-state index contributed by atoms with van der Waals surface area (Å²) in [4.78, 5) is 22.5. The molecule has 4 heterocycles. The molecule has 182 valence electrons. The van der Waals surface area contributed by atoms with Crippen molar-refractivity contribution in [3.8, 4) is 5.75 Å². The van der Waals surface area contributed by atoms with E-state index >= 15 is 0 Å². The molecular weight excluding hydrogens is 416 g/mol. The van der Waals surface area contributed by atoms with Gasteiger partial charge < -0.3 is 19.7 Å². The summed E-state index contributed by atoms with van der Waals surface area (Å²) in [6, 6.07) is 2.46. The van der Waals surface area contributed by atoms with Crippen LogP contribution in [0.4, 0.5) is 5.82 Å². The number of carbonyl (C=O) groups is 1. The number of anilines is 1. The van der Waals surface area contributed by atoms with E-state index in [1.165, 1.54) is 31.4 Å². The molecular formula is C26H40N4O3. The molecule has 7 heteroatoms. The number of nitrogens with one attached hydrogen (secondary N) is 1. The third kappa shape index (κ3) is 5.62. The summed E-state index contributed by atoms with van der Waals surface area (Å²) in [5.41, 5.74) is 2.35. The number of amides is 1. The first-order valence-corrected chi connectivity index (χ1v) is 13.1. The zero-order valence-corrected chi connectivity index (χ0v) is 20.2. The van der Waals surface area contributed by atoms with Crippen molar-refractivity contribution in [1.29, 1.82) is 0 Å². The second-order valence-electron chi connectivity index (χ2n) is 10.4. The van der Waals surface area contributed by atoms with Gasteiger partial charge in [-0.05, 0) is 64.3 Å². The van der Waals surface area contributed by atoms with E-state index in [0.29, 0.717) is 6.04 Å². The molecule has 2 saturated heterocycles. The van der Waals surface area contributed by atoms with Gasteiger partial charge >= 0.3 is 0 Å². The zero-order valence-electron chi connectivity index (χ0n) is 20.2. The van der Waals surface area contributed by atoms with Gasteiger partial charge in [-0.25, -0.2) is 4.98 Å². The maximum Gasteiger partial charge on any atom is 0.223 e. The van der Waals surface area contributed by atoms with E-state index in [2.05, 4.69) is 28.1 Å². The summed E-state index contributed by atoms with van der Waals surface area (Å²) < 4.78 is 11.2. The van der Waals surface area contributed by atoms with E-state index in [9.17, 15) is 4.79 Å². The maximum absolute atomic E-state index is 12.5. The Labute approximate surface area is 198 Å². The Morgan fingerprint density at radius 2 is 1.82 bits per heavy atom. The second kappa shape index (κ2) is 10.6. The molecule has 33 heavy (non-hydrogen) atoms. The molecule has 1 aliphatic carbocycles. The molecule has 0 spiro atoms. The predicted octanol–water partition coefficient (Wildman–Crippen LogP) is 2.94. The van der Waals surface area contributed by atoms with E-state index in [1.54, 1.807) is 0 Å². The average Bonchev–Trinajstić information content (AvgIpc) is 3.32. The van der Waals surface area contributed by atoms with Crippen molar-refractivity contribution in [2.45, 2.75) is 64.3 Å². The number of aromatic nitrogens is 1. The molecule has 1 aromatic heterocycles. The molecule has 0 aromatic carbocycles. The Morgan fingerprint density at radius 3 is 2.58 bits per heavy atom. The van der Waals surface area contributed by atoms with Gasteiger partial charge in [0.05, 0.1) is 6.61 Å². The maximum atomic E-state index is 12.5. The summed E-state index contributed by atoms with van der Waals surface area (Å²) in [6.45, 7) is 9.83. The zero-order chi connectivity index (χ0) is 22.6. The van der Waals surface area contributed by atoms with Crippen LogP contribution < -0.4 is 15.0 Å². The van der Waals surface area contributed by atoms with Crippen molar-refractivity contribution in [3.05, 3.63) is 17.3 Å². The quantitative estimate of drug-likeness (QED) is 0.710. The fraction of sp³-hybridized carbons (Fsp3) is 0.769. The van der Waals surface area contributed by atoms with Gasteiger partial charge in [0.15, 0.2) is 0 Å². The van der Waals surface area contributed by atoms with Crippen LogP contribution in [-0.4, -0.2) is 74.4 Å². The fourth-order valence-corrected chi connectivity index (χ4v) is 5.96. The highest BCUT2D eigenvalue weighted by molar-refractivity contribution is 5.79. The molecule has 3 fully saturated rings. The Bertz CT molecular complexity index is 810. The van der Waals surface area contributed by atoms with Crippen molar-refractivity contribution in [2.24, 2.45) is 11.8 Å². The fourth-order valence-electron chi connectivity index (χ4n) is 5.96. The van der Waals surface area contributed by atoms with E-state index < -0.39 is 0 Å². The van der Waals surface area contributed by atoms with Gasteiger partial charge in [0.1, 0.15) is 11.6 Å². The Kier molecular flexibility index (Phi) is 7.36. The van der Waals surface area contributed by atoms with Crippen LogP contribution in [0.1, 0.15) is 56.2 Å². The van der Waals surface area contributed by atoms with Crippen LogP contribution in [-0.2, 0) is 16.0 Å². The predicted molar refractivity (Wildman–Crippen MR) is 129 cm³/mol. The minimum Gasteiger partial charge on any atom is -0.493 e. The summed E-state index contributed by atoms with van der Waals surface area (Å²) in [6.07, 6.45) is 8.80. The van der Waals surface area contributed by atoms with Crippen LogP contribution in [0.2, 0.25) is 0 Å². The van der Waals surface area contributed by atoms with E-state index in [1.807, 2.05) is 0 Å². The number of ether oxygens (including phenoxy) is 2. The van der Waals surface area contributed by atoms with Crippen molar-refractivity contribution < 1.29 is 14.3 Å². The Balaban J connectivity index is 1.02. The minimum atomic E-state index is 0.165. The van der Waals surface area contributed by atoms with E-state index in [0.717, 1.165) is 101 Å². The van der Waals surface area contributed by atoms with Crippen LogP contribution in [0.15, 0.2) is 6.07 Å². The van der Waals surface area contributed by atoms with Crippen molar-refractivity contribution in [1.82, 2.24) is 15.2 Å². The van der Waals surface area contributed by atoms with E-state index in [-0.39, 0.29) is 11.8 Å². The van der Waals surface area contributed by atoms with Gasteiger partial charge in [0.2, 0.25) is 5.91 Å². The average molecular weight is 457 g/mol. The van der Waals surface area contributed by atoms with Crippen LogP contribution in [0.25, 0.3) is 0 Å². The second-order valence-corrected chi connectivity index (χ2v) is 10.4. The number of nitrogens with zero attached hydrogens (tertiary/aromatic N) is 3. The van der Waals surface area contributed by atoms with Crippen LogP contribution in [0, 0.1) is 18.8 Å². The molecule has 0 unspecified atom stereocenters. The lowest BCUT2D eigenvalue weighted by Gasteiger charge is -2.37. The van der Waals surface area contributed by atoms with Crippen LogP contribution in [0.5, 0.6) is 5.75 Å². The molecule has 1 amide bonds. The molecule has 3 aliphatic heterocycles. The number of rotatable bonds is 6. The van der Waals surface area contributed by atoms with E-state index in [4.69, 9.17) is 14.5 Å². The van der Waals surface area contributed by atoms with Crippen LogP contribution >= 0.6 is 0 Å². The first-order valence-electron chi connectivity index (χ1n) is 13.1. The molecule has 1 saturated carbocycles. The lowest BCUT2D eigenvalue weighted by molar-refractivity contribution is -0.128. The molecule has 1 N–H and O–H groups in total. The number of piperazine rings is 1. The number of hydrogen-bond donors (Lipinski definition) is 1. The largest absolute Gasteiger partial charge is 0.493 e. The van der Waals surface area contributed by atoms with Crippen molar-refractivity contribution in [3.63, 3.8) is 0 Å². The molecule has 0 bridgehead atoms. The normalized spacial score (nSPS) is 26.6. The monoisotopic (exact) mass is 456 g/mol. The van der Waals surface area contributed by atoms with Gasteiger partial charge in [-0.3, -0.25) is 9.69 Å². The number of hydrogen-bond acceptors (Lipinski definition) is 6. The highest BCUT2D eigenvalue weighted by Crippen LogP contribution is 2.34. The lowest BCUT2D eigenvalue weighted by Crippen LogP contribution is -2.47. The topological polar surface area (TPSA) is 66.9 Å². The Hall–Kier alpha value is -1.86. The molecule has 0 radical (unpaired) electrons. The summed E-state index contributed by atoms with van der Waals surface area (Å²) in [5, 5.41) is 3.33. The highest BCUT2D eigenvalue weighted by atomic mass is 16.5. The highest BCUT2D eigenvalue weighted by Gasteiger charge is 2.28. The molecule has 7 nitrogen and oxygen atoms in total. The summed E-state index contributed by atoms with van der Waals surface area (Å²) >= 11 is 0. The summed E-state index contributed by atoms with van der Waals surface area (Å²) in [5.74, 6) is 3.43. The number of pyridine rings is 1. The van der Waals surface area contributed by atoms with Gasteiger partial charge in [0.25, 0.3) is 0 Å². The third-order valence-electron chi connectivity index (χ3n) is 8.11. The van der Waals surface area contributed by atoms with Crippen LogP contribution in [0.3, 0.4) is 0 Å². The SMILES string of the molecule is Cc1cc2c(c(N3CCN(CC[C@H]4CC[C@H](NC(=O)C5CCOCC5)CC4)CC3)n1)CCO2. The van der Waals surface area contributed by atoms with Gasteiger partial charge in [0, 0.05) is 75.1 Å². The molecule has 5 rings (SSSR count). The van der Waals surface area contributed by atoms with Gasteiger partial charge in [-0.15, -0.1) is 0 Å². The molecule has 1 aromatic rings. The first-order chi connectivity index (χ1) is 16.2. The smallest absolute Gasteiger partial charge is 0.223 e. The lowest BCUT2D eigenvalue weighted by atomic mass is 9.83. The summed E-state index contributed by atoms with van der Waals surface area (Å²) in [7, 11) is 0.